The first-order valence-corrected chi connectivity index (χ1v) is 10.9. The van der Waals surface area contributed by atoms with Crippen molar-refractivity contribution < 1.29 is 4.79 Å². The van der Waals surface area contributed by atoms with Crippen molar-refractivity contribution in [1.82, 2.24) is 14.9 Å². The molecule has 164 valence electrons. The molecule has 1 aromatic carbocycles. The Kier molecular flexibility index (Phi) is 5.97. The molecule has 4 rings (SSSR count). The van der Waals surface area contributed by atoms with Crippen molar-refractivity contribution in [3.63, 3.8) is 0 Å². The molecule has 2 aromatic heterocycles. The van der Waals surface area contributed by atoms with Gasteiger partial charge >= 0.3 is 0 Å². The Bertz CT molecular complexity index is 1230. The minimum atomic E-state index is -0.489. The first kappa shape index (κ1) is 21.6. The van der Waals surface area contributed by atoms with Crippen LogP contribution in [0.15, 0.2) is 42.9 Å². The van der Waals surface area contributed by atoms with Gasteiger partial charge in [0.05, 0.1) is 17.3 Å². The number of hydrogen-bond donors (Lipinski definition) is 3. The van der Waals surface area contributed by atoms with E-state index in [1.54, 1.807) is 17.3 Å². The van der Waals surface area contributed by atoms with Crippen LogP contribution in [-0.2, 0) is 4.79 Å². The van der Waals surface area contributed by atoms with Gasteiger partial charge in [-0.25, -0.2) is 0 Å². The number of pyridine rings is 1. The van der Waals surface area contributed by atoms with Gasteiger partial charge in [-0.05, 0) is 48.6 Å². The highest BCUT2D eigenvalue weighted by atomic mass is 16.2. The summed E-state index contributed by atoms with van der Waals surface area (Å²) in [7, 11) is 0. The van der Waals surface area contributed by atoms with Gasteiger partial charge in [0.25, 0.3) is 0 Å². The zero-order chi connectivity index (χ0) is 22.8. The van der Waals surface area contributed by atoms with E-state index >= 15 is 0 Å². The standard InChI is InChI=1S/C25H28N6O/c1-15(2)23(27)25(32)31-10-7-17(8-11-31)20-14-28-13-18(12-26)24(20)30-21-4-5-22-19(16(21)3)6-9-29-22/h4-7,9,13-15,23,29H,8,10-11,27H2,1-3H3,(H,28,30)/t23-/m1/s1. The lowest BCUT2D eigenvalue weighted by Crippen LogP contribution is -2.47. The number of hydrogen-bond acceptors (Lipinski definition) is 5. The number of carbonyl (C=O) groups excluding carboxylic acids is 1. The van der Waals surface area contributed by atoms with E-state index in [-0.39, 0.29) is 11.8 Å². The smallest absolute Gasteiger partial charge is 0.240 e. The largest absolute Gasteiger partial charge is 0.361 e. The molecule has 3 aromatic rings. The number of nitriles is 1. The fourth-order valence-corrected chi connectivity index (χ4v) is 4.09. The average molecular weight is 429 g/mol. The second kappa shape index (κ2) is 8.85. The maximum absolute atomic E-state index is 12.6. The Morgan fingerprint density at radius 3 is 2.81 bits per heavy atom. The third-order valence-corrected chi connectivity index (χ3v) is 6.20. The number of aromatic amines is 1. The predicted octanol–water partition coefficient (Wildman–Crippen LogP) is 4.09. The van der Waals surface area contributed by atoms with Gasteiger partial charge in [-0.2, -0.15) is 5.26 Å². The normalized spacial score (nSPS) is 14.9. The summed E-state index contributed by atoms with van der Waals surface area (Å²) < 4.78 is 0. The molecule has 0 unspecified atom stereocenters. The van der Waals surface area contributed by atoms with Crippen LogP contribution in [0.5, 0.6) is 0 Å². The van der Waals surface area contributed by atoms with Gasteiger partial charge in [0.1, 0.15) is 6.07 Å². The van der Waals surface area contributed by atoms with Crippen molar-refractivity contribution in [1.29, 1.82) is 5.26 Å². The molecule has 7 nitrogen and oxygen atoms in total. The Morgan fingerprint density at radius 1 is 1.31 bits per heavy atom. The fraction of sp³-hybridized carbons (Fsp3) is 0.320. The summed E-state index contributed by atoms with van der Waals surface area (Å²) in [6.45, 7) is 7.07. The van der Waals surface area contributed by atoms with Crippen LogP contribution >= 0.6 is 0 Å². The zero-order valence-electron chi connectivity index (χ0n) is 18.6. The Hall–Kier alpha value is -3.63. The van der Waals surface area contributed by atoms with Crippen molar-refractivity contribution in [3.05, 3.63) is 59.6 Å². The summed E-state index contributed by atoms with van der Waals surface area (Å²) in [6, 6.07) is 7.86. The zero-order valence-corrected chi connectivity index (χ0v) is 18.6. The number of nitrogens with zero attached hydrogens (tertiary/aromatic N) is 3. The van der Waals surface area contributed by atoms with Crippen LogP contribution in [0.1, 0.15) is 37.0 Å². The van der Waals surface area contributed by atoms with E-state index in [9.17, 15) is 10.1 Å². The molecule has 0 saturated carbocycles. The number of nitrogens with two attached hydrogens (primary N) is 1. The Labute approximate surface area is 187 Å². The summed E-state index contributed by atoms with van der Waals surface area (Å²) in [6.07, 6.45) is 8.01. The van der Waals surface area contributed by atoms with E-state index in [2.05, 4.69) is 28.3 Å². The lowest BCUT2D eigenvalue weighted by molar-refractivity contribution is -0.133. The number of anilines is 2. The van der Waals surface area contributed by atoms with Gasteiger partial charge in [-0.15, -0.1) is 0 Å². The lowest BCUT2D eigenvalue weighted by atomic mass is 9.96. The molecule has 0 radical (unpaired) electrons. The molecular formula is C25H28N6O. The summed E-state index contributed by atoms with van der Waals surface area (Å²) in [5.74, 6) is 0.0776. The second-order valence-corrected chi connectivity index (χ2v) is 8.56. The van der Waals surface area contributed by atoms with Crippen molar-refractivity contribution >= 4 is 33.8 Å². The highest BCUT2D eigenvalue weighted by molar-refractivity contribution is 5.91. The first-order chi connectivity index (χ1) is 15.4. The predicted molar refractivity (Wildman–Crippen MR) is 127 cm³/mol. The molecule has 1 atom stereocenters. The first-order valence-electron chi connectivity index (χ1n) is 10.9. The van der Waals surface area contributed by atoms with E-state index in [0.717, 1.165) is 39.0 Å². The Balaban J connectivity index is 1.65. The van der Waals surface area contributed by atoms with Crippen LogP contribution in [0.2, 0.25) is 0 Å². The quantitative estimate of drug-likeness (QED) is 0.567. The number of carbonyl (C=O) groups is 1. The third-order valence-electron chi connectivity index (χ3n) is 6.20. The average Bonchev–Trinajstić information content (AvgIpc) is 3.29. The molecular weight excluding hydrogens is 400 g/mol. The molecule has 1 aliphatic rings. The number of aryl methyl sites for hydroxylation is 1. The number of H-pyrrole nitrogens is 1. The van der Waals surface area contributed by atoms with Crippen LogP contribution in [0.3, 0.4) is 0 Å². The van der Waals surface area contributed by atoms with Gasteiger partial charge in [-0.3, -0.25) is 9.78 Å². The van der Waals surface area contributed by atoms with Crippen molar-refractivity contribution in [2.45, 2.75) is 33.2 Å². The fourth-order valence-electron chi connectivity index (χ4n) is 4.09. The minimum absolute atomic E-state index is 0.0204. The number of aromatic nitrogens is 2. The summed E-state index contributed by atoms with van der Waals surface area (Å²) in [5.41, 5.74) is 12.4. The molecule has 0 fully saturated rings. The number of nitrogens with one attached hydrogen (secondary N) is 2. The van der Waals surface area contributed by atoms with Crippen LogP contribution in [-0.4, -0.2) is 39.9 Å². The molecule has 0 saturated heterocycles. The minimum Gasteiger partial charge on any atom is -0.361 e. The topological polar surface area (TPSA) is 111 Å². The maximum atomic E-state index is 12.6. The lowest BCUT2D eigenvalue weighted by Gasteiger charge is -2.30. The van der Waals surface area contributed by atoms with E-state index in [1.807, 2.05) is 44.3 Å². The van der Waals surface area contributed by atoms with Gasteiger partial charge in [0.2, 0.25) is 5.91 Å². The van der Waals surface area contributed by atoms with Crippen molar-refractivity contribution in [2.24, 2.45) is 11.7 Å². The van der Waals surface area contributed by atoms with Gasteiger partial charge in [0.15, 0.2) is 0 Å². The highest BCUT2D eigenvalue weighted by Crippen LogP contribution is 2.35. The summed E-state index contributed by atoms with van der Waals surface area (Å²) >= 11 is 0. The second-order valence-electron chi connectivity index (χ2n) is 8.56. The molecule has 0 aliphatic carbocycles. The van der Waals surface area contributed by atoms with Crippen LogP contribution in [0.4, 0.5) is 11.4 Å². The van der Waals surface area contributed by atoms with E-state index in [4.69, 9.17) is 5.73 Å². The Morgan fingerprint density at radius 2 is 2.12 bits per heavy atom. The molecule has 32 heavy (non-hydrogen) atoms. The molecule has 4 N–H and O–H groups in total. The molecule has 7 heteroatoms. The maximum Gasteiger partial charge on any atom is 0.240 e. The van der Waals surface area contributed by atoms with Gasteiger partial charge < -0.3 is 20.9 Å². The number of amides is 1. The van der Waals surface area contributed by atoms with Crippen LogP contribution < -0.4 is 11.1 Å². The molecule has 3 heterocycles. The van der Waals surface area contributed by atoms with Crippen molar-refractivity contribution in [3.8, 4) is 6.07 Å². The third kappa shape index (κ3) is 3.97. The summed E-state index contributed by atoms with van der Waals surface area (Å²) in [4.78, 5) is 21.9. The van der Waals surface area contributed by atoms with Gasteiger partial charge in [-0.1, -0.05) is 19.9 Å². The highest BCUT2D eigenvalue weighted by Gasteiger charge is 2.26. The van der Waals surface area contributed by atoms with Gasteiger partial charge in [0, 0.05) is 53.8 Å². The van der Waals surface area contributed by atoms with Crippen LogP contribution in [0, 0.1) is 24.2 Å². The van der Waals surface area contributed by atoms with E-state index in [0.29, 0.717) is 25.1 Å². The van der Waals surface area contributed by atoms with Crippen LogP contribution in [0.25, 0.3) is 16.5 Å². The SMILES string of the molecule is Cc1c(Nc2c(C#N)cncc2C2=CCN(C(=O)[C@H](N)C(C)C)CC2)ccc2[nH]ccc12. The monoisotopic (exact) mass is 428 g/mol. The number of fused-ring (bicyclic) bond motifs is 1. The molecule has 1 amide bonds. The molecule has 0 bridgehead atoms. The van der Waals surface area contributed by atoms with Crippen molar-refractivity contribution in [2.75, 3.05) is 18.4 Å². The molecule has 0 spiro atoms. The number of benzene rings is 1. The van der Waals surface area contributed by atoms with E-state index in [1.165, 1.54) is 0 Å². The number of rotatable bonds is 5. The molecule has 1 aliphatic heterocycles. The summed E-state index contributed by atoms with van der Waals surface area (Å²) in [5, 5.41) is 14.4. The van der Waals surface area contributed by atoms with E-state index < -0.39 is 6.04 Å².